The number of anilines is 1. The molecule has 0 unspecified atom stereocenters. The zero-order valence-corrected chi connectivity index (χ0v) is 18.8. The van der Waals surface area contributed by atoms with Crippen LogP contribution >= 0.6 is 15.9 Å². The molecule has 0 aliphatic rings. The summed E-state index contributed by atoms with van der Waals surface area (Å²) >= 11 is 3.39. The van der Waals surface area contributed by atoms with E-state index in [0.29, 0.717) is 22.7 Å². The molecule has 2 N–H and O–H groups in total. The number of carbonyl (C=O) groups excluding carboxylic acids is 3. The van der Waals surface area contributed by atoms with Crippen molar-refractivity contribution < 1.29 is 23.9 Å². The Morgan fingerprint density at radius 3 is 2.28 bits per heavy atom. The van der Waals surface area contributed by atoms with Crippen LogP contribution in [0.15, 0.2) is 77.3 Å². The van der Waals surface area contributed by atoms with E-state index in [1.165, 1.54) is 0 Å². The summed E-state index contributed by atoms with van der Waals surface area (Å²) in [7, 11) is 0. The molecule has 3 aromatic carbocycles. The van der Waals surface area contributed by atoms with Gasteiger partial charge in [-0.3, -0.25) is 14.4 Å². The van der Waals surface area contributed by atoms with Crippen LogP contribution < -0.4 is 15.4 Å². The number of hydrogen-bond acceptors (Lipinski definition) is 5. The summed E-state index contributed by atoms with van der Waals surface area (Å²) in [5.41, 5.74) is 1.92. The van der Waals surface area contributed by atoms with Crippen LogP contribution in [0.5, 0.6) is 11.5 Å². The van der Waals surface area contributed by atoms with Gasteiger partial charge < -0.3 is 20.1 Å². The van der Waals surface area contributed by atoms with Gasteiger partial charge in [0.05, 0.1) is 0 Å². The average molecular weight is 497 g/mol. The van der Waals surface area contributed by atoms with Crippen molar-refractivity contribution in [2.45, 2.75) is 6.92 Å². The Balaban J connectivity index is 1.40. The van der Waals surface area contributed by atoms with Crippen LogP contribution in [-0.4, -0.2) is 30.9 Å². The second-order valence-electron chi connectivity index (χ2n) is 6.79. The van der Waals surface area contributed by atoms with Crippen LogP contribution in [0.3, 0.4) is 0 Å². The Bertz CT molecular complexity index is 1100. The molecule has 0 radical (unpaired) electrons. The lowest BCUT2D eigenvalue weighted by Gasteiger charge is -2.09. The lowest BCUT2D eigenvalue weighted by atomic mass is 10.2. The minimum Gasteiger partial charge on any atom is -0.457 e. The van der Waals surface area contributed by atoms with Gasteiger partial charge in [0.1, 0.15) is 18.0 Å². The largest absolute Gasteiger partial charge is 0.457 e. The van der Waals surface area contributed by atoms with Crippen molar-refractivity contribution in [2.75, 3.05) is 18.5 Å². The molecule has 32 heavy (non-hydrogen) atoms. The van der Waals surface area contributed by atoms with Gasteiger partial charge >= 0.3 is 5.97 Å². The molecule has 0 aromatic heterocycles. The van der Waals surface area contributed by atoms with Gasteiger partial charge in [-0.15, -0.1) is 0 Å². The molecule has 0 aliphatic heterocycles. The molecule has 8 heteroatoms. The quantitative estimate of drug-likeness (QED) is 0.449. The van der Waals surface area contributed by atoms with E-state index in [1.807, 2.05) is 43.3 Å². The highest BCUT2D eigenvalue weighted by Gasteiger charge is 2.12. The molecule has 3 rings (SSSR count). The van der Waals surface area contributed by atoms with Gasteiger partial charge in [-0.25, -0.2) is 0 Å². The van der Waals surface area contributed by atoms with Gasteiger partial charge in [0, 0.05) is 15.7 Å². The number of hydrogen-bond donors (Lipinski definition) is 2. The summed E-state index contributed by atoms with van der Waals surface area (Å²) in [5.74, 6) is -0.362. The Morgan fingerprint density at radius 1 is 0.906 bits per heavy atom. The van der Waals surface area contributed by atoms with E-state index in [-0.39, 0.29) is 6.54 Å². The standard InChI is InChI=1S/C24H21BrN2O5/c1-16-13-18(9-12-21(16)25)27-22(28)15-31-23(29)14-26-24(30)17-7-10-20(11-8-17)32-19-5-3-2-4-6-19/h2-13H,14-15H2,1H3,(H,26,30)(H,27,28). The van der Waals surface area contributed by atoms with E-state index in [2.05, 4.69) is 26.6 Å². The Kier molecular flexibility index (Phi) is 7.99. The minimum atomic E-state index is -0.718. The molecule has 0 saturated carbocycles. The van der Waals surface area contributed by atoms with Crippen molar-refractivity contribution in [3.05, 3.63) is 88.4 Å². The molecule has 2 amide bonds. The highest BCUT2D eigenvalue weighted by molar-refractivity contribution is 9.10. The number of rotatable bonds is 8. The number of para-hydroxylation sites is 1. The SMILES string of the molecule is Cc1cc(NC(=O)COC(=O)CNC(=O)c2ccc(Oc3ccccc3)cc2)ccc1Br. The van der Waals surface area contributed by atoms with E-state index in [1.54, 1.807) is 36.4 Å². The molecular weight excluding hydrogens is 476 g/mol. The number of benzene rings is 3. The number of ether oxygens (including phenoxy) is 2. The second kappa shape index (κ2) is 11.1. The molecular formula is C24H21BrN2O5. The Labute approximate surface area is 193 Å². The summed E-state index contributed by atoms with van der Waals surface area (Å²) in [4.78, 5) is 36.0. The first-order valence-corrected chi connectivity index (χ1v) is 10.5. The van der Waals surface area contributed by atoms with E-state index in [0.717, 1.165) is 10.0 Å². The Morgan fingerprint density at radius 2 is 1.59 bits per heavy atom. The first-order valence-electron chi connectivity index (χ1n) is 9.73. The smallest absolute Gasteiger partial charge is 0.325 e. The average Bonchev–Trinajstić information content (AvgIpc) is 2.80. The van der Waals surface area contributed by atoms with Crippen LogP contribution in [0, 0.1) is 6.92 Å². The summed E-state index contributed by atoms with van der Waals surface area (Å²) < 4.78 is 11.5. The van der Waals surface area contributed by atoms with E-state index in [4.69, 9.17) is 9.47 Å². The zero-order valence-electron chi connectivity index (χ0n) is 17.3. The monoisotopic (exact) mass is 496 g/mol. The predicted octanol–water partition coefficient (Wildman–Crippen LogP) is 4.46. The molecule has 0 atom stereocenters. The van der Waals surface area contributed by atoms with Crippen molar-refractivity contribution in [3.63, 3.8) is 0 Å². The molecule has 3 aromatic rings. The molecule has 164 valence electrons. The lowest BCUT2D eigenvalue weighted by molar-refractivity contribution is -0.146. The molecule has 0 fully saturated rings. The fourth-order valence-electron chi connectivity index (χ4n) is 2.67. The maximum absolute atomic E-state index is 12.2. The maximum atomic E-state index is 12.2. The van der Waals surface area contributed by atoms with Gasteiger partial charge in [0.25, 0.3) is 11.8 Å². The van der Waals surface area contributed by atoms with Crippen LogP contribution in [0.1, 0.15) is 15.9 Å². The first kappa shape index (κ1) is 23.0. The fraction of sp³-hybridized carbons (Fsp3) is 0.125. The second-order valence-corrected chi connectivity index (χ2v) is 7.65. The van der Waals surface area contributed by atoms with Crippen molar-refractivity contribution in [2.24, 2.45) is 0 Å². The van der Waals surface area contributed by atoms with Crippen molar-refractivity contribution >= 4 is 39.4 Å². The third kappa shape index (κ3) is 6.95. The van der Waals surface area contributed by atoms with E-state index < -0.39 is 24.4 Å². The number of carbonyl (C=O) groups is 3. The summed E-state index contributed by atoms with van der Waals surface area (Å²) in [6.07, 6.45) is 0. The molecule has 0 saturated heterocycles. The molecule has 0 bridgehead atoms. The summed E-state index contributed by atoms with van der Waals surface area (Å²) in [6.45, 7) is 1.09. The highest BCUT2D eigenvalue weighted by atomic mass is 79.9. The van der Waals surface area contributed by atoms with Gasteiger partial charge in [0.2, 0.25) is 0 Å². The van der Waals surface area contributed by atoms with Crippen LogP contribution in [-0.2, 0) is 14.3 Å². The fourth-order valence-corrected chi connectivity index (χ4v) is 2.92. The van der Waals surface area contributed by atoms with Crippen molar-refractivity contribution in [1.82, 2.24) is 5.32 Å². The van der Waals surface area contributed by atoms with Gasteiger partial charge in [-0.05, 0) is 67.1 Å². The number of nitrogens with one attached hydrogen (secondary N) is 2. The lowest BCUT2D eigenvalue weighted by Crippen LogP contribution is -2.32. The van der Waals surface area contributed by atoms with Gasteiger partial charge in [-0.2, -0.15) is 0 Å². The minimum absolute atomic E-state index is 0.355. The molecule has 0 spiro atoms. The first-order chi connectivity index (χ1) is 15.4. The number of esters is 1. The van der Waals surface area contributed by atoms with E-state index >= 15 is 0 Å². The topological polar surface area (TPSA) is 93.7 Å². The highest BCUT2D eigenvalue weighted by Crippen LogP contribution is 2.21. The number of amides is 2. The van der Waals surface area contributed by atoms with Crippen LogP contribution in [0.4, 0.5) is 5.69 Å². The predicted molar refractivity (Wildman–Crippen MR) is 124 cm³/mol. The van der Waals surface area contributed by atoms with Crippen LogP contribution in [0.25, 0.3) is 0 Å². The number of halogens is 1. The molecule has 7 nitrogen and oxygen atoms in total. The van der Waals surface area contributed by atoms with Gasteiger partial charge in [0.15, 0.2) is 6.61 Å². The third-order valence-corrected chi connectivity index (χ3v) is 5.18. The maximum Gasteiger partial charge on any atom is 0.325 e. The summed E-state index contributed by atoms with van der Waals surface area (Å²) in [5, 5.41) is 5.11. The third-order valence-electron chi connectivity index (χ3n) is 4.29. The van der Waals surface area contributed by atoms with Crippen LogP contribution in [0.2, 0.25) is 0 Å². The molecule has 0 aliphatic carbocycles. The van der Waals surface area contributed by atoms with Gasteiger partial charge in [-0.1, -0.05) is 34.1 Å². The van der Waals surface area contributed by atoms with Crippen molar-refractivity contribution in [1.29, 1.82) is 0 Å². The Hall–Kier alpha value is -3.65. The van der Waals surface area contributed by atoms with E-state index in [9.17, 15) is 14.4 Å². The summed E-state index contributed by atoms with van der Waals surface area (Å²) in [6, 6.07) is 21.1. The zero-order chi connectivity index (χ0) is 22.9. The molecule has 0 heterocycles. The van der Waals surface area contributed by atoms with Crippen molar-refractivity contribution in [3.8, 4) is 11.5 Å². The number of aryl methyl sites for hydroxylation is 1. The normalized spacial score (nSPS) is 10.2.